The number of aromatic amines is 1. The van der Waals surface area contributed by atoms with Gasteiger partial charge >= 0.3 is 0 Å². The van der Waals surface area contributed by atoms with E-state index in [2.05, 4.69) is 25.9 Å². The van der Waals surface area contributed by atoms with Crippen LogP contribution in [-0.2, 0) is 0 Å². The summed E-state index contributed by atoms with van der Waals surface area (Å²) in [6.45, 7) is 0. The van der Waals surface area contributed by atoms with Gasteiger partial charge in [-0.05, 0) is 47.6 Å². The number of fused-ring (bicyclic) bond motifs is 1. The standard InChI is InChI=1S/C18H11BrFN3S/c19-13-5-1-12(2-6-13)16-10-23-17(22-16)15(9-21-18(23)24)11-3-7-14(20)8-4-11/h1-10,22H. The van der Waals surface area contributed by atoms with Crippen molar-refractivity contribution >= 4 is 33.8 Å². The van der Waals surface area contributed by atoms with Gasteiger partial charge in [-0.2, -0.15) is 0 Å². The molecule has 118 valence electrons. The zero-order chi connectivity index (χ0) is 16.7. The van der Waals surface area contributed by atoms with Crippen molar-refractivity contribution in [2.24, 2.45) is 0 Å². The molecule has 0 radical (unpaired) electrons. The average molecular weight is 400 g/mol. The maximum atomic E-state index is 13.2. The van der Waals surface area contributed by atoms with Gasteiger partial charge in [0.2, 0.25) is 4.77 Å². The monoisotopic (exact) mass is 399 g/mol. The van der Waals surface area contributed by atoms with E-state index in [0.29, 0.717) is 4.77 Å². The molecule has 0 saturated carbocycles. The van der Waals surface area contributed by atoms with Crippen molar-refractivity contribution in [2.45, 2.75) is 0 Å². The number of H-pyrrole nitrogens is 1. The lowest BCUT2D eigenvalue weighted by molar-refractivity contribution is 0.628. The highest BCUT2D eigenvalue weighted by atomic mass is 79.9. The Morgan fingerprint density at radius 1 is 1.00 bits per heavy atom. The molecular formula is C18H11BrFN3S. The molecule has 6 heteroatoms. The van der Waals surface area contributed by atoms with Crippen molar-refractivity contribution in [1.82, 2.24) is 14.4 Å². The number of benzene rings is 2. The molecule has 0 spiro atoms. The summed E-state index contributed by atoms with van der Waals surface area (Å²) in [6.07, 6.45) is 3.65. The van der Waals surface area contributed by atoms with E-state index in [-0.39, 0.29) is 5.82 Å². The molecule has 0 fully saturated rings. The molecule has 0 aliphatic rings. The minimum absolute atomic E-state index is 0.266. The highest BCUT2D eigenvalue weighted by Crippen LogP contribution is 2.27. The Morgan fingerprint density at radius 2 is 1.67 bits per heavy atom. The van der Waals surface area contributed by atoms with E-state index < -0.39 is 0 Å². The maximum Gasteiger partial charge on any atom is 0.205 e. The van der Waals surface area contributed by atoms with E-state index >= 15 is 0 Å². The second-order valence-electron chi connectivity index (χ2n) is 5.35. The van der Waals surface area contributed by atoms with E-state index in [4.69, 9.17) is 12.2 Å². The van der Waals surface area contributed by atoms with Crippen molar-refractivity contribution in [3.8, 4) is 22.4 Å². The molecule has 4 rings (SSSR count). The third kappa shape index (κ3) is 2.68. The largest absolute Gasteiger partial charge is 0.339 e. The summed E-state index contributed by atoms with van der Waals surface area (Å²) in [5.41, 5.74) is 4.55. The molecule has 0 unspecified atom stereocenters. The molecular weight excluding hydrogens is 389 g/mol. The second kappa shape index (κ2) is 5.96. The minimum Gasteiger partial charge on any atom is -0.339 e. The topological polar surface area (TPSA) is 33.1 Å². The summed E-state index contributed by atoms with van der Waals surface area (Å²) < 4.78 is 16.5. The van der Waals surface area contributed by atoms with Gasteiger partial charge < -0.3 is 4.98 Å². The first kappa shape index (κ1) is 15.2. The van der Waals surface area contributed by atoms with Gasteiger partial charge in [0.15, 0.2) is 0 Å². The number of hydrogen-bond donors (Lipinski definition) is 1. The molecule has 0 amide bonds. The normalized spacial score (nSPS) is 11.1. The average Bonchev–Trinajstić information content (AvgIpc) is 3.03. The minimum atomic E-state index is -0.266. The van der Waals surface area contributed by atoms with Gasteiger partial charge in [-0.15, -0.1) is 0 Å². The van der Waals surface area contributed by atoms with Crippen LogP contribution < -0.4 is 0 Å². The van der Waals surface area contributed by atoms with E-state index in [9.17, 15) is 4.39 Å². The lowest BCUT2D eigenvalue weighted by Crippen LogP contribution is -1.92. The van der Waals surface area contributed by atoms with Crippen molar-refractivity contribution in [2.75, 3.05) is 0 Å². The number of nitrogens with one attached hydrogen (secondary N) is 1. The molecule has 0 atom stereocenters. The van der Waals surface area contributed by atoms with E-state index in [1.165, 1.54) is 12.1 Å². The lowest BCUT2D eigenvalue weighted by Gasteiger charge is -2.03. The highest BCUT2D eigenvalue weighted by Gasteiger charge is 2.10. The van der Waals surface area contributed by atoms with Crippen LogP contribution in [-0.4, -0.2) is 14.4 Å². The van der Waals surface area contributed by atoms with Gasteiger partial charge in [-0.25, -0.2) is 9.37 Å². The Labute approximate surface area is 150 Å². The van der Waals surface area contributed by atoms with Crippen molar-refractivity contribution < 1.29 is 4.39 Å². The van der Waals surface area contributed by atoms with Gasteiger partial charge in [0.1, 0.15) is 11.5 Å². The Morgan fingerprint density at radius 3 is 2.38 bits per heavy atom. The number of nitrogens with zero attached hydrogens (tertiary/aromatic N) is 2. The Bertz CT molecular complexity index is 1080. The number of hydrogen-bond acceptors (Lipinski definition) is 2. The van der Waals surface area contributed by atoms with Crippen molar-refractivity contribution in [3.63, 3.8) is 0 Å². The molecule has 2 aromatic heterocycles. The van der Waals surface area contributed by atoms with Crippen LogP contribution in [0.3, 0.4) is 0 Å². The molecule has 2 heterocycles. The number of imidazole rings is 1. The second-order valence-corrected chi connectivity index (χ2v) is 6.64. The van der Waals surface area contributed by atoms with Gasteiger partial charge in [0, 0.05) is 22.4 Å². The van der Waals surface area contributed by atoms with Crippen LogP contribution in [0, 0.1) is 10.6 Å². The lowest BCUT2D eigenvalue weighted by atomic mass is 10.1. The summed E-state index contributed by atoms with van der Waals surface area (Å²) in [4.78, 5) is 7.68. The molecule has 4 aromatic rings. The van der Waals surface area contributed by atoms with Crippen LogP contribution in [0.5, 0.6) is 0 Å². The molecule has 0 aliphatic heterocycles. The Kier molecular flexibility index (Phi) is 3.78. The fraction of sp³-hybridized carbons (Fsp3) is 0. The molecule has 0 saturated heterocycles. The first-order chi connectivity index (χ1) is 11.6. The van der Waals surface area contributed by atoms with Crippen molar-refractivity contribution in [1.29, 1.82) is 0 Å². The number of rotatable bonds is 2. The van der Waals surface area contributed by atoms with E-state index in [0.717, 1.165) is 32.5 Å². The van der Waals surface area contributed by atoms with Gasteiger partial charge in [-0.1, -0.05) is 40.2 Å². The molecule has 2 aromatic carbocycles. The highest BCUT2D eigenvalue weighted by molar-refractivity contribution is 9.10. The third-order valence-corrected chi connectivity index (χ3v) is 4.66. The van der Waals surface area contributed by atoms with Gasteiger partial charge in [-0.3, -0.25) is 4.40 Å². The smallest absolute Gasteiger partial charge is 0.205 e. The quantitative estimate of drug-likeness (QED) is 0.443. The fourth-order valence-electron chi connectivity index (χ4n) is 2.62. The Hall–Kier alpha value is -2.31. The predicted octanol–water partition coefficient (Wildman–Crippen LogP) is 5.63. The van der Waals surface area contributed by atoms with Crippen molar-refractivity contribution in [3.05, 3.63) is 76.0 Å². The summed E-state index contributed by atoms with van der Waals surface area (Å²) in [5, 5.41) is 0. The van der Waals surface area contributed by atoms with Gasteiger partial charge in [0.05, 0.1) is 5.69 Å². The Balaban J connectivity index is 1.93. The number of aromatic nitrogens is 3. The molecule has 1 N–H and O–H groups in total. The number of halogens is 2. The summed E-state index contributed by atoms with van der Waals surface area (Å²) in [6, 6.07) is 14.3. The maximum absolute atomic E-state index is 13.2. The summed E-state index contributed by atoms with van der Waals surface area (Å²) in [7, 11) is 0. The van der Waals surface area contributed by atoms with E-state index in [1.807, 2.05) is 34.9 Å². The zero-order valence-electron chi connectivity index (χ0n) is 12.3. The SMILES string of the molecule is Fc1ccc(-c2cnc(=S)n3cc(-c4ccc(Br)cc4)[nH]c23)cc1. The van der Waals surface area contributed by atoms with Crippen LogP contribution >= 0.6 is 28.1 Å². The van der Waals surface area contributed by atoms with Crippen LogP contribution in [0.25, 0.3) is 28.0 Å². The molecule has 0 aliphatic carbocycles. The summed E-state index contributed by atoms with van der Waals surface area (Å²) in [5.74, 6) is -0.266. The fourth-order valence-corrected chi connectivity index (χ4v) is 3.08. The summed E-state index contributed by atoms with van der Waals surface area (Å²) >= 11 is 8.77. The van der Waals surface area contributed by atoms with Crippen LogP contribution in [0.1, 0.15) is 0 Å². The zero-order valence-corrected chi connectivity index (χ0v) is 14.7. The molecule has 24 heavy (non-hydrogen) atoms. The van der Waals surface area contributed by atoms with Gasteiger partial charge in [0.25, 0.3) is 0 Å². The molecule has 3 nitrogen and oxygen atoms in total. The third-order valence-electron chi connectivity index (χ3n) is 3.83. The first-order valence-electron chi connectivity index (χ1n) is 7.24. The van der Waals surface area contributed by atoms with Crippen LogP contribution in [0.15, 0.2) is 65.4 Å². The predicted molar refractivity (Wildman–Crippen MR) is 98.9 cm³/mol. The van der Waals surface area contributed by atoms with Crippen LogP contribution in [0.4, 0.5) is 4.39 Å². The molecule has 0 bridgehead atoms. The van der Waals surface area contributed by atoms with E-state index in [1.54, 1.807) is 18.3 Å². The first-order valence-corrected chi connectivity index (χ1v) is 8.44. The van der Waals surface area contributed by atoms with Crippen LogP contribution in [0.2, 0.25) is 0 Å².